The van der Waals surface area contributed by atoms with Crippen molar-refractivity contribution < 1.29 is 14.3 Å². The molecule has 7 heteroatoms. The third-order valence-electron chi connectivity index (χ3n) is 6.65. The van der Waals surface area contributed by atoms with Gasteiger partial charge in [0, 0.05) is 49.1 Å². The molecule has 1 saturated heterocycles. The van der Waals surface area contributed by atoms with Crippen LogP contribution in [0.1, 0.15) is 26.3 Å². The highest BCUT2D eigenvalue weighted by Gasteiger charge is 2.20. The number of nitrogens with zero attached hydrogens (tertiary/aromatic N) is 3. The molecule has 2 heterocycles. The van der Waals surface area contributed by atoms with E-state index >= 15 is 0 Å². The van der Waals surface area contributed by atoms with Gasteiger partial charge in [-0.3, -0.25) is 4.79 Å². The summed E-state index contributed by atoms with van der Waals surface area (Å²) in [6.07, 6.45) is 0. The Labute approximate surface area is 224 Å². The molecule has 1 aromatic heterocycles. The van der Waals surface area contributed by atoms with Gasteiger partial charge in [0.15, 0.2) is 10.9 Å². The lowest BCUT2D eigenvalue weighted by molar-refractivity contribution is 0.0734. The highest BCUT2D eigenvalue weighted by atomic mass is 32.1. The van der Waals surface area contributed by atoms with Crippen molar-refractivity contribution in [1.82, 2.24) is 4.98 Å². The van der Waals surface area contributed by atoms with E-state index in [9.17, 15) is 9.59 Å². The van der Waals surface area contributed by atoms with Gasteiger partial charge in [-0.15, -0.1) is 0 Å². The van der Waals surface area contributed by atoms with E-state index in [0.717, 1.165) is 41.5 Å². The monoisotopic (exact) mass is 519 g/mol. The van der Waals surface area contributed by atoms with E-state index in [2.05, 4.69) is 34.1 Å². The zero-order valence-electron chi connectivity index (χ0n) is 20.6. The molecule has 4 aromatic carbocycles. The van der Waals surface area contributed by atoms with Gasteiger partial charge in [0.1, 0.15) is 5.75 Å². The van der Waals surface area contributed by atoms with Crippen molar-refractivity contribution in [1.29, 1.82) is 0 Å². The Bertz CT molecular complexity index is 1580. The zero-order valence-corrected chi connectivity index (χ0v) is 21.4. The van der Waals surface area contributed by atoms with E-state index in [0.29, 0.717) is 22.4 Å². The summed E-state index contributed by atoms with van der Waals surface area (Å²) in [6.45, 7) is 3.69. The number of esters is 1. The maximum absolute atomic E-state index is 12.8. The predicted octanol–water partition coefficient (Wildman–Crippen LogP) is 6.07. The van der Waals surface area contributed by atoms with Crippen molar-refractivity contribution in [3.8, 4) is 5.75 Å². The highest BCUT2D eigenvalue weighted by Crippen LogP contribution is 2.32. The Morgan fingerprint density at radius 1 is 0.684 bits per heavy atom. The van der Waals surface area contributed by atoms with Crippen LogP contribution in [0.25, 0.3) is 10.2 Å². The summed E-state index contributed by atoms with van der Waals surface area (Å²) in [5.74, 6) is -0.0840. The predicted molar refractivity (Wildman–Crippen MR) is 152 cm³/mol. The summed E-state index contributed by atoms with van der Waals surface area (Å²) < 4.78 is 6.62. The molecule has 188 valence electrons. The summed E-state index contributed by atoms with van der Waals surface area (Å²) in [5, 5.41) is 0.981. The lowest BCUT2D eigenvalue weighted by Crippen LogP contribution is -2.46. The van der Waals surface area contributed by atoms with Crippen LogP contribution in [0.5, 0.6) is 5.75 Å². The maximum Gasteiger partial charge on any atom is 0.343 e. The van der Waals surface area contributed by atoms with Gasteiger partial charge < -0.3 is 14.5 Å². The van der Waals surface area contributed by atoms with E-state index < -0.39 is 5.97 Å². The largest absolute Gasteiger partial charge is 0.423 e. The van der Waals surface area contributed by atoms with Gasteiger partial charge in [0.25, 0.3) is 0 Å². The van der Waals surface area contributed by atoms with E-state index in [1.54, 1.807) is 53.8 Å². The van der Waals surface area contributed by atoms with Crippen LogP contribution in [0.3, 0.4) is 0 Å². The molecule has 38 heavy (non-hydrogen) atoms. The molecule has 0 radical (unpaired) electrons. The van der Waals surface area contributed by atoms with Gasteiger partial charge in [0.2, 0.25) is 0 Å². The number of thiazole rings is 1. The topological polar surface area (TPSA) is 62.7 Å². The average Bonchev–Trinajstić information content (AvgIpc) is 3.41. The van der Waals surface area contributed by atoms with Crippen molar-refractivity contribution in [2.75, 3.05) is 36.0 Å². The third-order valence-corrected chi connectivity index (χ3v) is 7.73. The van der Waals surface area contributed by atoms with Crippen molar-refractivity contribution in [2.24, 2.45) is 0 Å². The number of fused-ring (bicyclic) bond motifs is 1. The molecule has 1 fully saturated rings. The van der Waals surface area contributed by atoms with Crippen LogP contribution in [0.2, 0.25) is 0 Å². The second-order valence-electron chi connectivity index (χ2n) is 9.10. The number of piperazine rings is 1. The number of hydrogen-bond donors (Lipinski definition) is 0. The number of benzene rings is 4. The van der Waals surface area contributed by atoms with E-state index in [4.69, 9.17) is 9.72 Å². The number of para-hydroxylation sites is 1. The number of hydrogen-bond acceptors (Lipinski definition) is 7. The second kappa shape index (κ2) is 10.5. The van der Waals surface area contributed by atoms with Gasteiger partial charge in [0.05, 0.1) is 15.8 Å². The Hall–Kier alpha value is -4.49. The minimum atomic E-state index is -0.468. The standard InChI is InChI=1S/C31H25N3O3S/c35-29(22-7-3-1-4-8-22)23-11-13-24(14-12-23)30(36)37-26-15-16-27-28(21-26)38-31(32-27)34-19-17-33(18-20-34)25-9-5-2-6-10-25/h1-16,21H,17-20H2. The van der Waals surface area contributed by atoms with Crippen molar-refractivity contribution in [3.63, 3.8) is 0 Å². The first-order valence-electron chi connectivity index (χ1n) is 12.5. The zero-order chi connectivity index (χ0) is 25.9. The summed E-state index contributed by atoms with van der Waals surface area (Å²) >= 11 is 1.61. The molecule has 0 atom stereocenters. The number of rotatable bonds is 6. The summed E-state index contributed by atoms with van der Waals surface area (Å²) in [4.78, 5) is 34.9. The first-order chi connectivity index (χ1) is 18.6. The molecule has 1 aliphatic rings. The first-order valence-corrected chi connectivity index (χ1v) is 13.3. The summed E-state index contributed by atoms with van der Waals surface area (Å²) in [7, 11) is 0. The molecule has 0 aliphatic carbocycles. The lowest BCUT2D eigenvalue weighted by Gasteiger charge is -2.35. The maximum atomic E-state index is 12.8. The van der Waals surface area contributed by atoms with Crippen LogP contribution in [-0.2, 0) is 0 Å². The fourth-order valence-electron chi connectivity index (χ4n) is 4.57. The molecule has 0 amide bonds. The van der Waals surface area contributed by atoms with Gasteiger partial charge in [-0.05, 0) is 36.4 Å². The number of carbonyl (C=O) groups excluding carboxylic acids is 2. The third kappa shape index (κ3) is 5.01. The van der Waals surface area contributed by atoms with Crippen LogP contribution in [-0.4, -0.2) is 42.9 Å². The molecule has 0 spiro atoms. The molecular formula is C31H25N3O3S. The van der Waals surface area contributed by atoms with Gasteiger partial charge in [-0.1, -0.05) is 72.0 Å². The van der Waals surface area contributed by atoms with Gasteiger partial charge in [-0.25, -0.2) is 9.78 Å². The Balaban J connectivity index is 1.11. The van der Waals surface area contributed by atoms with Gasteiger partial charge in [-0.2, -0.15) is 0 Å². The molecule has 0 unspecified atom stereocenters. The molecular weight excluding hydrogens is 494 g/mol. The minimum absolute atomic E-state index is 0.0848. The van der Waals surface area contributed by atoms with Crippen molar-refractivity contribution in [3.05, 3.63) is 120 Å². The van der Waals surface area contributed by atoms with Crippen LogP contribution in [0.4, 0.5) is 10.8 Å². The molecule has 0 bridgehead atoms. The Morgan fingerprint density at radius 2 is 1.29 bits per heavy atom. The normalized spacial score (nSPS) is 13.5. The number of ether oxygens (including phenoxy) is 1. The first kappa shape index (κ1) is 23.9. The highest BCUT2D eigenvalue weighted by molar-refractivity contribution is 7.22. The van der Waals surface area contributed by atoms with Crippen molar-refractivity contribution in [2.45, 2.75) is 0 Å². The molecule has 0 N–H and O–H groups in total. The Kier molecular flexibility index (Phi) is 6.58. The SMILES string of the molecule is O=C(Oc1ccc2nc(N3CCN(c4ccccc4)CC3)sc2c1)c1ccc(C(=O)c2ccccc2)cc1. The molecule has 6 rings (SSSR count). The molecule has 1 aliphatic heterocycles. The van der Waals surface area contributed by atoms with Crippen LogP contribution in [0, 0.1) is 0 Å². The van der Waals surface area contributed by atoms with E-state index in [1.807, 2.05) is 36.4 Å². The fraction of sp³-hybridized carbons (Fsp3) is 0.129. The quantitative estimate of drug-likeness (QED) is 0.154. The number of carbonyl (C=O) groups is 2. The lowest BCUT2D eigenvalue weighted by atomic mass is 10.0. The smallest absolute Gasteiger partial charge is 0.343 e. The second-order valence-corrected chi connectivity index (χ2v) is 10.1. The average molecular weight is 520 g/mol. The molecule has 5 aromatic rings. The van der Waals surface area contributed by atoms with Crippen LogP contribution >= 0.6 is 11.3 Å². The van der Waals surface area contributed by atoms with Gasteiger partial charge >= 0.3 is 5.97 Å². The number of ketones is 1. The van der Waals surface area contributed by atoms with E-state index in [-0.39, 0.29) is 5.78 Å². The number of aromatic nitrogens is 1. The number of anilines is 2. The van der Waals surface area contributed by atoms with E-state index in [1.165, 1.54) is 5.69 Å². The minimum Gasteiger partial charge on any atom is -0.423 e. The molecule has 0 saturated carbocycles. The summed E-state index contributed by atoms with van der Waals surface area (Å²) in [5.41, 5.74) is 3.66. The van der Waals surface area contributed by atoms with Crippen LogP contribution in [0.15, 0.2) is 103 Å². The fourth-order valence-corrected chi connectivity index (χ4v) is 5.61. The molecule has 6 nitrogen and oxygen atoms in total. The van der Waals surface area contributed by atoms with Crippen molar-refractivity contribution >= 4 is 44.1 Å². The van der Waals surface area contributed by atoms with Crippen LogP contribution < -0.4 is 14.5 Å². The Morgan fingerprint density at radius 3 is 2.00 bits per heavy atom. The summed E-state index contributed by atoms with van der Waals surface area (Å²) in [6, 6.07) is 31.6.